The molecule has 1 aliphatic rings. The first-order valence-electron chi connectivity index (χ1n) is 4.90. The van der Waals surface area contributed by atoms with Gasteiger partial charge in [-0.3, -0.25) is 9.59 Å². The molecule has 1 aromatic carbocycles. The van der Waals surface area contributed by atoms with E-state index in [4.69, 9.17) is 11.6 Å². The Balaban J connectivity index is 1.97. The second kappa shape index (κ2) is 4.89. The fourth-order valence-corrected chi connectivity index (χ4v) is 2.61. The number of amides is 2. The highest BCUT2D eigenvalue weighted by Crippen LogP contribution is 2.25. The summed E-state index contributed by atoms with van der Waals surface area (Å²) >= 11 is 7.08. The number of nitrogens with zero attached hydrogens (tertiary/aromatic N) is 1. The molecule has 3 nitrogen and oxygen atoms in total. The molecule has 1 heterocycles. The lowest BCUT2D eigenvalue weighted by molar-refractivity contribution is -0.131. The monoisotopic (exact) mass is 255 g/mol. The van der Waals surface area contributed by atoms with Crippen LogP contribution in [0.5, 0.6) is 0 Å². The average molecular weight is 256 g/mol. The van der Waals surface area contributed by atoms with Crippen molar-refractivity contribution >= 4 is 35.4 Å². The zero-order valence-corrected chi connectivity index (χ0v) is 10.1. The van der Waals surface area contributed by atoms with E-state index in [1.807, 2.05) is 18.2 Å². The maximum atomic E-state index is 11.3. The van der Waals surface area contributed by atoms with Gasteiger partial charge < -0.3 is 0 Å². The quantitative estimate of drug-likeness (QED) is 0.616. The van der Waals surface area contributed by atoms with E-state index in [-0.39, 0.29) is 11.8 Å². The summed E-state index contributed by atoms with van der Waals surface area (Å²) in [4.78, 5) is 22.7. The Morgan fingerprint density at radius 2 is 1.94 bits per heavy atom. The Kier molecular flexibility index (Phi) is 3.51. The first-order valence-corrected chi connectivity index (χ1v) is 6.22. The fraction of sp³-hybridized carbons (Fsp3) is 0.273. The number of carbonyl (C=O) groups excluding carboxylic acids is 2. The maximum Gasteiger partial charge on any atom is 0.239 e. The second-order valence-corrected chi connectivity index (χ2v) is 4.83. The van der Waals surface area contributed by atoms with Crippen molar-refractivity contribution in [3.05, 3.63) is 34.9 Å². The van der Waals surface area contributed by atoms with Crippen LogP contribution in [0.25, 0.3) is 0 Å². The molecule has 2 amide bonds. The Hall–Kier alpha value is -1.00. The molecule has 2 rings (SSSR count). The van der Waals surface area contributed by atoms with E-state index in [2.05, 4.69) is 0 Å². The van der Waals surface area contributed by atoms with Gasteiger partial charge in [-0.15, -0.1) is 0 Å². The minimum absolute atomic E-state index is 0.1000. The van der Waals surface area contributed by atoms with Gasteiger partial charge in [-0.25, -0.2) is 4.31 Å². The molecule has 0 aliphatic carbocycles. The van der Waals surface area contributed by atoms with Crippen molar-refractivity contribution in [2.75, 3.05) is 0 Å². The van der Waals surface area contributed by atoms with E-state index in [1.165, 1.54) is 16.3 Å². The molecular weight excluding hydrogens is 246 g/mol. The van der Waals surface area contributed by atoms with Crippen LogP contribution in [-0.4, -0.2) is 16.1 Å². The van der Waals surface area contributed by atoms with Gasteiger partial charge in [0.2, 0.25) is 11.8 Å². The van der Waals surface area contributed by atoms with Gasteiger partial charge in [-0.2, -0.15) is 0 Å². The molecule has 0 unspecified atom stereocenters. The number of hydrogen-bond donors (Lipinski definition) is 0. The molecule has 0 saturated carbocycles. The van der Waals surface area contributed by atoms with Gasteiger partial charge >= 0.3 is 0 Å². The number of hydrogen-bond acceptors (Lipinski definition) is 3. The van der Waals surface area contributed by atoms with Crippen LogP contribution >= 0.6 is 23.5 Å². The summed E-state index contributed by atoms with van der Waals surface area (Å²) in [6.07, 6.45) is 0.669. The number of rotatable bonds is 3. The molecule has 84 valence electrons. The Morgan fingerprint density at radius 3 is 2.56 bits per heavy atom. The number of imide groups is 1. The fourth-order valence-electron chi connectivity index (χ4n) is 1.47. The maximum absolute atomic E-state index is 11.3. The molecule has 1 aromatic rings. The standard InChI is InChI=1S/C11H10ClNO2S/c12-9-3-1-2-8(6-9)7-16-13-10(14)4-5-11(13)15/h1-3,6H,4-5,7H2. The van der Waals surface area contributed by atoms with E-state index in [0.717, 1.165) is 5.56 Å². The van der Waals surface area contributed by atoms with Gasteiger partial charge in [0.25, 0.3) is 0 Å². The summed E-state index contributed by atoms with van der Waals surface area (Å²) in [7, 11) is 0. The topological polar surface area (TPSA) is 37.4 Å². The minimum Gasteiger partial charge on any atom is -0.273 e. The third-order valence-electron chi connectivity index (χ3n) is 2.26. The summed E-state index contributed by atoms with van der Waals surface area (Å²) in [5.41, 5.74) is 1.00. The summed E-state index contributed by atoms with van der Waals surface area (Å²) in [6, 6.07) is 7.40. The highest BCUT2D eigenvalue weighted by atomic mass is 35.5. The van der Waals surface area contributed by atoms with Gasteiger partial charge in [-0.05, 0) is 29.6 Å². The van der Waals surface area contributed by atoms with Gasteiger partial charge in [0, 0.05) is 23.6 Å². The summed E-state index contributed by atoms with van der Waals surface area (Å²) in [5, 5.41) is 0.664. The predicted molar refractivity (Wildman–Crippen MR) is 63.8 cm³/mol. The van der Waals surface area contributed by atoms with Crippen LogP contribution in [-0.2, 0) is 15.3 Å². The van der Waals surface area contributed by atoms with E-state index >= 15 is 0 Å². The smallest absolute Gasteiger partial charge is 0.239 e. The molecule has 0 atom stereocenters. The van der Waals surface area contributed by atoms with Crippen LogP contribution in [0.1, 0.15) is 18.4 Å². The lowest BCUT2D eigenvalue weighted by Crippen LogP contribution is -2.21. The van der Waals surface area contributed by atoms with Crippen molar-refractivity contribution in [1.29, 1.82) is 0 Å². The zero-order chi connectivity index (χ0) is 11.5. The molecule has 1 fully saturated rings. The first kappa shape index (κ1) is 11.5. The van der Waals surface area contributed by atoms with Gasteiger partial charge in [0.05, 0.1) is 0 Å². The van der Waals surface area contributed by atoms with Crippen LogP contribution in [0.2, 0.25) is 5.02 Å². The van der Waals surface area contributed by atoms with Crippen LogP contribution in [0, 0.1) is 0 Å². The second-order valence-electron chi connectivity index (χ2n) is 3.49. The summed E-state index contributed by atoms with van der Waals surface area (Å²) in [6.45, 7) is 0. The van der Waals surface area contributed by atoms with Crippen molar-refractivity contribution in [3.8, 4) is 0 Å². The highest BCUT2D eigenvalue weighted by molar-refractivity contribution is 7.97. The Bertz CT molecular complexity index is 420. The number of halogens is 1. The van der Waals surface area contributed by atoms with E-state index in [0.29, 0.717) is 23.6 Å². The van der Waals surface area contributed by atoms with Crippen molar-refractivity contribution in [1.82, 2.24) is 4.31 Å². The molecule has 0 N–H and O–H groups in total. The minimum atomic E-state index is -0.1000. The van der Waals surface area contributed by atoms with Crippen molar-refractivity contribution in [3.63, 3.8) is 0 Å². The van der Waals surface area contributed by atoms with Gasteiger partial charge in [0.1, 0.15) is 0 Å². The van der Waals surface area contributed by atoms with Crippen LogP contribution in [0.15, 0.2) is 24.3 Å². The van der Waals surface area contributed by atoms with E-state index in [9.17, 15) is 9.59 Å². The van der Waals surface area contributed by atoms with Crippen molar-refractivity contribution in [2.24, 2.45) is 0 Å². The predicted octanol–water partition coefficient (Wildman–Crippen LogP) is 2.64. The largest absolute Gasteiger partial charge is 0.273 e. The molecule has 1 aliphatic heterocycles. The Morgan fingerprint density at radius 1 is 1.25 bits per heavy atom. The highest BCUT2D eigenvalue weighted by Gasteiger charge is 2.29. The van der Waals surface area contributed by atoms with Crippen molar-refractivity contribution < 1.29 is 9.59 Å². The first-order chi connectivity index (χ1) is 7.66. The van der Waals surface area contributed by atoms with Crippen LogP contribution in [0.4, 0.5) is 0 Å². The van der Waals surface area contributed by atoms with Crippen LogP contribution < -0.4 is 0 Å². The number of carbonyl (C=O) groups is 2. The molecule has 1 saturated heterocycles. The zero-order valence-electron chi connectivity index (χ0n) is 8.48. The lowest BCUT2D eigenvalue weighted by atomic mass is 10.2. The summed E-state index contributed by atoms with van der Waals surface area (Å²) < 4.78 is 1.25. The Labute approximate surface area is 103 Å². The normalized spacial score (nSPS) is 15.9. The molecular formula is C11H10ClNO2S. The van der Waals surface area contributed by atoms with E-state index in [1.54, 1.807) is 6.07 Å². The van der Waals surface area contributed by atoms with Crippen molar-refractivity contribution in [2.45, 2.75) is 18.6 Å². The average Bonchev–Trinajstić information content (AvgIpc) is 2.56. The molecule has 5 heteroatoms. The molecule has 0 aromatic heterocycles. The van der Waals surface area contributed by atoms with Gasteiger partial charge in [0.15, 0.2) is 0 Å². The van der Waals surface area contributed by atoms with Gasteiger partial charge in [-0.1, -0.05) is 23.7 Å². The van der Waals surface area contributed by atoms with Crippen LogP contribution in [0.3, 0.4) is 0 Å². The molecule has 0 bridgehead atoms. The molecule has 0 spiro atoms. The number of benzene rings is 1. The molecule has 16 heavy (non-hydrogen) atoms. The lowest BCUT2D eigenvalue weighted by Gasteiger charge is -2.11. The third-order valence-corrected chi connectivity index (χ3v) is 3.62. The third kappa shape index (κ3) is 2.57. The SMILES string of the molecule is O=C1CCC(=O)N1SCc1cccc(Cl)c1. The molecule has 0 radical (unpaired) electrons. The van der Waals surface area contributed by atoms with E-state index < -0.39 is 0 Å². The summed E-state index contributed by atoms with van der Waals surface area (Å²) in [5.74, 6) is 0.381.